The molecule has 6 heterocycles. The first-order chi connectivity index (χ1) is 28.5. The van der Waals surface area contributed by atoms with Gasteiger partial charge in [0.1, 0.15) is 30.0 Å². The summed E-state index contributed by atoms with van der Waals surface area (Å²) < 4.78 is 47.6. The molecule has 0 spiro atoms. The van der Waals surface area contributed by atoms with Crippen LogP contribution in [0.4, 0.5) is 35.9 Å². The van der Waals surface area contributed by atoms with Gasteiger partial charge in [0.05, 0.1) is 24.0 Å². The molecular formula is C41H43ClF3N9O5S. The number of piperazine rings is 1. The van der Waals surface area contributed by atoms with Gasteiger partial charge < -0.3 is 20.3 Å². The number of alkyl halides is 3. The highest BCUT2D eigenvalue weighted by Gasteiger charge is 2.51. The second-order valence-corrected chi connectivity index (χ2v) is 16.5. The van der Waals surface area contributed by atoms with Crippen LogP contribution in [0.5, 0.6) is 5.75 Å². The molecule has 1 aromatic heterocycles. The Kier molecular flexibility index (Phi) is 12.1. The highest BCUT2D eigenvalue weighted by atomic mass is 35.5. The fraction of sp³-hybridized carbons (Fsp3) is 0.439. The van der Waals surface area contributed by atoms with Crippen molar-refractivity contribution < 1.29 is 37.1 Å². The number of imide groups is 1. The molecule has 0 aliphatic carbocycles. The van der Waals surface area contributed by atoms with E-state index in [0.29, 0.717) is 53.8 Å². The molecule has 0 radical (unpaired) electrons. The van der Waals surface area contributed by atoms with Crippen molar-refractivity contribution in [1.82, 2.24) is 20.1 Å². The van der Waals surface area contributed by atoms with Crippen LogP contribution in [-0.2, 0) is 31.8 Å². The van der Waals surface area contributed by atoms with Crippen LogP contribution >= 0.6 is 23.8 Å². The van der Waals surface area contributed by atoms with E-state index in [-0.39, 0.29) is 47.7 Å². The second-order valence-electron chi connectivity index (χ2n) is 15.7. The molecule has 19 heteroatoms. The topological polar surface area (TPSA) is 163 Å². The van der Waals surface area contributed by atoms with Gasteiger partial charge in [-0.3, -0.25) is 39.2 Å². The molecule has 60 heavy (non-hydrogen) atoms. The maximum absolute atomic E-state index is 13.8. The number of nitrogens with one attached hydrogen (secondary N) is 3. The zero-order valence-corrected chi connectivity index (χ0v) is 34.6. The largest absolute Gasteiger partial charge is 0.492 e. The summed E-state index contributed by atoms with van der Waals surface area (Å²) in [5.74, 6) is -0.775. The van der Waals surface area contributed by atoms with Crippen LogP contribution in [-0.4, -0.2) is 100.0 Å². The van der Waals surface area contributed by atoms with Crippen molar-refractivity contribution in [1.29, 1.82) is 5.26 Å². The van der Waals surface area contributed by atoms with Crippen LogP contribution in [0.1, 0.15) is 63.3 Å². The van der Waals surface area contributed by atoms with Crippen molar-refractivity contribution in [2.75, 3.05) is 53.2 Å². The van der Waals surface area contributed by atoms with Gasteiger partial charge in [-0.15, -0.1) is 0 Å². The lowest BCUT2D eigenvalue weighted by Crippen LogP contribution is -2.63. The lowest BCUT2D eigenvalue weighted by Gasteiger charge is -2.51. The molecule has 0 saturated carbocycles. The fourth-order valence-corrected chi connectivity index (χ4v) is 9.12. The number of fused-ring (bicyclic) bond motifs is 3. The maximum atomic E-state index is 13.8. The number of rotatable bonds is 12. The molecule has 3 atom stereocenters. The Labute approximate surface area is 355 Å². The molecule has 2 aromatic carbocycles. The average Bonchev–Trinajstić information content (AvgIpc) is 3.37. The Balaban J connectivity index is 0.938. The van der Waals surface area contributed by atoms with Gasteiger partial charge in [0, 0.05) is 60.2 Å². The molecule has 14 nitrogen and oxygen atoms in total. The molecule has 2 unspecified atom stereocenters. The number of aryl methyl sites for hydroxylation is 1. The van der Waals surface area contributed by atoms with E-state index in [4.69, 9.17) is 28.6 Å². The molecule has 8 rings (SSSR count). The fourth-order valence-electron chi connectivity index (χ4n) is 8.37. The molecule has 5 aliphatic rings. The normalized spacial score (nSPS) is 21.9. The molecule has 5 aliphatic heterocycles. The molecular weight excluding hydrogens is 823 g/mol. The van der Waals surface area contributed by atoms with E-state index in [1.54, 1.807) is 43.0 Å². The number of carbonyl (C=O) groups is 4. The summed E-state index contributed by atoms with van der Waals surface area (Å²) in [7, 11) is 0. The van der Waals surface area contributed by atoms with Crippen molar-refractivity contribution in [2.45, 2.75) is 82.7 Å². The maximum Gasteiger partial charge on any atom is 0.419 e. The number of amides is 4. The van der Waals surface area contributed by atoms with Gasteiger partial charge in [0.15, 0.2) is 10.8 Å². The van der Waals surface area contributed by atoms with Gasteiger partial charge in [0.25, 0.3) is 5.91 Å². The smallest absolute Gasteiger partial charge is 0.419 e. The van der Waals surface area contributed by atoms with Gasteiger partial charge in [-0.1, -0.05) is 18.5 Å². The van der Waals surface area contributed by atoms with Gasteiger partial charge in [-0.2, -0.15) is 18.4 Å². The SMILES string of the molecule is CCc1cc(N2C(=S)N(c3cnc(C#N)c(C(F)(F)F)c3)C(=O)C2(C)C)ccc1OCCN1CC2CC[C@H]1CN2CC(=O)Nc1cc(Cl)cc(NC2CCC(=O)NC2=O)c1. The number of aromatic nitrogens is 1. The molecule has 3 aromatic rings. The Morgan fingerprint density at radius 2 is 1.77 bits per heavy atom. The number of ether oxygens (including phenoxy) is 1. The molecule has 3 N–H and O–H groups in total. The van der Waals surface area contributed by atoms with Crippen LogP contribution in [0, 0.1) is 11.3 Å². The number of nitrogens with zero attached hydrogens (tertiary/aromatic N) is 6. The van der Waals surface area contributed by atoms with Crippen molar-refractivity contribution in [3.63, 3.8) is 0 Å². The van der Waals surface area contributed by atoms with E-state index in [0.717, 1.165) is 48.7 Å². The Hall–Kier alpha value is -5.35. The summed E-state index contributed by atoms with van der Waals surface area (Å²) in [4.78, 5) is 61.5. The summed E-state index contributed by atoms with van der Waals surface area (Å²) in [5, 5.41) is 17.9. The van der Waals surface area contributed by atoms with Crippen LogP contribution in [0.3, 0.4) is 0 Å². The minimum absolute atomic E-state index is 0.0232. The third-order valence-electron chi connectivity index (χ3n) is 11.4. The number of benzene rings is 2. The third kappa shape index (κ3) is 8.76. The molecule has 5 saturated heterocycles. The first-order valence-corrected chi connectivity index (χ1v) is 20.4. The summed E-state index contributed by atoms with van der Waals surface area (Å²) in [6, 6.07) is 12.5. The molecule has 4 amide bonds. The number of halogens is 4. The van der Waals surface area contributed by atoms with E-state index < -0.39 is 40.8 Å². The minimum atomic E-state index is -4.86. The number of piperidine rings is 3. The first-order valence-electron chi connectivity index (χ1n) is 19.6. The van der Waals surface area contributed by atoms with Gasteiger partial charge >= 0.3 is 6.18 Å². The molecule has 316 valence electrons. The van der Waals surface area contributed by atoms with Crippen LogP contribution in [0.15, 0.2) is 48.7 Å². The lowest BCUT2D eigenvalue weighted by atomic mass is 9.91. The summed E-state index contributed by atoms with van der Waals surface area (Å²) >= 11 is 12.0. The number of thiocarbonyl (C=S) groups is 1. The van der Waals surface area contributed by atoms with Gasteiger partial charge in [0.2, 0.25) is 17.7 Å². The van der Waals surface area contributed by atoms with Gasteiger partial charge in [-0.05, 0) is 99.8 Å². The summed E-state index contributed by atoms with van der Waals surface area (Å²) in [5.41, 5.74) is -1.02. The third-order valence-corrected chi connectivity index (χ3v) is 12.0. The predicted molar refractivity (Wildman–Crippen MR) is 222 cm³/mol. The number of nitriles is 1. The standard InChI is InChI=1S/C41H43ClF3N9O5S/c1-4-23-13-27(54-39(60)53(38(58)40(54,2)3)30-17-31(41(43,44)45)33(18-46)47-19-30)7-9-34(23)59-12-11-51-20-29-6-5-28(51)21-52(29)22-36(56)49-26-15-24(42)14-25(16-26)48-32-8-10-35(55)50-37(32)57/h7,9,13-17,19,28-29,32,48H,4-6,8,10-12,20-22H2,1-3H3,(H,49,56)(H,50,55,57)/t28-,29?,32?/m0/s1. The van der Waals surface area contributed by atoms with E-state index >= 15 is 0 Å². The minimum Gasteiger partial charge on any atom is -0.492 e. The molecule has 5 fully saturated rings. The highest BCUT2D eigenvalue weighted by molar-refractivity contribution is 7.81. The van der Waals surface area contributed by atoms with E-state index in [1.807, 2.05) is 19.1 Å². The van der Waals surface area contributed by atoms with E-state index in [9.17, 15) is 37.6 Å². The number of carbonyl (C=O) groups excluding carboxylic acids is 4. The second kappa shape index (κ2) is 17.0. The van der Waals surface area contributed by atoms with Crippen molar-refractivity contribution in [3.8, 4) is 11.8 Å². The monoisotopic (exact) mass is 865 g/mol. The molecule has 2 bridgehead atoms. The Bertz CT molecular complexity index is 2290. The quantitative estimate of drug-likeness (QED) is 0.155. The number of pyridine rings is 1. The van der Waals surface area contributed by atoms with Crippen LogP contribution < -0.4 is 30.5 Å². The predicted octanol–water partition coefficient (Wildman–Crippen LogP) is 5.49. The zero-order valence-electron chi connectivity index (χ0n) is 33.1. The highest BCUT2D eigenvalue weighted by Crippen LogP contribution is 2.40. The van der Waals surface area contributed by atoms with Crippen molar-refractivity contribution >= 4 is 75.3 Å². The van der Waals surface area contributed by atoms with Crippen molar-refractivity contribution in [3.05, 3.63) is 70.5 Å². The summed E-state index contributed by atoms with van der Waals surface area (Å²) in [6.07, 6.45) is -0.676. The average molecular weight is 866 g/mol. The number of hydrogen-bond donors (Lipinski definition) is 3. The van der Waals surface area contributed by atoms with E-state index in [1.165, 1.54) is 6.07 Å². The van der Waals surface area contributed by atoms with E-state index in [2.05, 4.69) is 30.7 Å². The Morgan fingerprint density at radius 3 is 2.43 bits per heavy atom. The number of anilines is 4. The van der Waals surface area contributed by atoms with Crippen molar-refractivity contribution in [2.24, 2.45) is 0 Å². The number of hydrogen-bond acceptors (Lipinski definition) is 11. The lowest BCUT2D eigenvalue weighted by molar-refractivity contribution is -0.138. The van der Waals surface area contributed by atoms with Crippen LogP contribution in [0.25, 0.3) is 0 Å². The van der Waals surface area contributed by atoms with Gasteiger partial charge in [-0.25, -0.2) is 4.98 Å². The summed E-state index contributed by atoms with van der Waals surface area (Å²) in [6.45, 7) is 8.04. The zero-order chi connectivity index (χ0) is 43.1. The van der Waals surface area contributed by atoms with Crippen LogP contribution in [0.2, 0.25) is 5.02 Å². The Morgan fingerprint density at radius 1 is 1.05 bits per heavy atom. The first kappa shape index (κ1) is 42.8.